The first-order valence-electron chi connectivity index (χ1n) is 5.06. The lowest BCUT2D eigenvalue weighted by Gasteiger charge is -2.12. The third kappa shape index (κ3) is 2.96. The van der Waals surface area contributed by atoms with Crippen molar-refractivity contribution in [3.8, 4) is 0 Å². The van der Waals surface area contributed by atoms with Crippen LogP contribution in [0.3, 0.4) is 0 Å². The van der Waals surface area contributed by atoms with Crippen molar-refractivity contribution >= 4 is 31.9 Å². The van der Waals surface area contributed by atoms with Gasteiger partial charge in [-0.1, -0.05) is 37.9 Å². The molecule has 0 aliphatic rings. The van der Waals surface area contributed by atoms with Crippen LogP contribution in [0, 0.1) is 11.6 Å². The summed E-state index contributed by atoms with van der Waals surface area (Å²) in [4.78, 5) is 0. The smallest absolute Gasteiger partial charge is 0.159 e. The minimum absolute atomic E-state index is 0.305. The van der Waals surface area contributed by atoms with E-state index in [-0.39, 0.29) is 0 Å². The zero-order valence-corrected chi connectivity index (χ0v) is 12.2. The van der Waals surface area contributed by atoms with E-state index in [2.05, 4.69) is 31.9 Å². The fourth-order valence-corrected chi connectivity index (χ4v) is 2.94. The number of aliphatic hydroxyl groups excluding tert-OH is 1. The molecular formula is C13H8Br2F2O. The van der Waals surface area contributed by atoms with E-state index < -0.39 is 17.7 Å². The highest BCUT2D eigenvalue weighted by molar-refractivity contribution is 9.11. The van der Waals surface area contributed by atoms with Crippen molar-refractivity contribution in [1.29, 1.82) is 0 Å². The second-order valence-corrected chi connectivity index (χ2v) is 5.61. The largest absolute Gasteiger partial charge is 0.384 e. The van der Waals surface area contributed by atoms with Crippen LogP contribution in [0.2, 0.25) is 0 Å². The molecule has 18 heavy (non-hydrogen) atoms. The summed E-state index contributed by atoms with van der Waals surface area (Å²) in [6.45, 7) is 0. The van der Waals surface area contributed by atoms with Crippen LogP contribution in [0.5, 0.6) is 0 Å². The summed E-state index contributed by atoms with van der Waals surface area (Å²) < 4.78 is 27.5. The van der Waals surface area contributed by atoms with Crippen molar-refractivity contribution in [3.05, 3.63) is 68.1 Å². The Morgan fingerprint density at radius 3 is 2.00 bits per heavy atom. The Labute approximate surface area is 120 Å². The Morgan fingerprint density at radius 1 is 0.833 bits per heavy atom. The van der Waals surface area contributed by atoms with E-state index in [1.165, 1.54) is 6.07 Å². The van der Waals surface area contributed by atoms with Crippen molar-refractivity contribution in [2.24, 2.45) is 0 Å². The first-order chi connectivity index (χ1) is 8.47. The van der Waals surface area contributed by atoms with Gasteiger partial charge in [0.15, 0.2) is 11.6 Å². The number of halogens is 4. The molecule has 0 fully saturated rings. The van der Waals surface area contributed by atoms with Crippen LogP contribution in [-0.2, 0) is 0 Å². The molecule has 0 radical (unpaired) electrons. The van der Waals surface area contributed by atoms with Gasteiger partial charge in [-0.05, 0) is 41.5 Å². The summed E-state index contributed by atoms with van der Waals surface area (Å²) in [6.07, 6.45) is -1.01. The molecule has 0 spiro atoms. The molecule has 5 heteroatoms. The summed E-state index contributed by atoms with van der Waals surface area (Å²) in [6, 6.07) is 8.61. The first-order valence-corrected chi connectivity index (χ1v) is 6.65. The Bertz CT molecular complexity index is 567. The van der Waals surface area contributed by atoms with Gasteiger partial charge in [-0.2, -0.15) is 0 Å². The Hall–Kier alpha value is -0.780. The summed E-state index contributed by atoms with van der Waals surface area (Å²) in [7, 11) is 0. The Balaban J connectivity index is 2.40. The first kappa shape index (κ1) is 13.6. The van der Waals surface area contributed by atoms with Gasteiger partial charge in [0.25, 0.3) is 0 Å². The lowest BCUT2D eigenvalue weighted by molar-refractivity contribution is 0.219. The topological polar surface area (TPSA) is 20.2 Å². The molecule has 2 aromatic rings. The van der Waals surface area contributed by atoms with Gasteiger partial charge in [-0.15, -0.1) is 0 Å². The van der Waals surface area contributed by atoms with Gasteiger partial charge in [0.2, 0.25) is 0 Å². The van der Waals surface area contributed by atoms with E-state index in [4.69, 9.17) is 0 Å². The average molecular weight is 378 g/mol. The number of hydrogen-bond acceptors (Lipinski definition) is 1. The van der Waals surface area contributed by atoms with Gasteiger partial charge >= 0.3 is 0 Å². The van der Waals surface area contributed by atoms with E-state index in [1.54, 1.807) is 12.1 Å². The molecule has 0 aliphatic heterocycles. The normalized spacial score (nSPS) is 12.5. The number of rotatable bonds is 2. The zero-order valence-electron chi connectivity index (χ0n) is 9.00. The van der Waals surface area contributed by atoms with E-state index in [1.807, 2.05) is 6.07 Å². The number of aliphatic hydroxyl groups is 1. The van der Waals surface area contributed by atoms with Gasteiger partial charge in [0, 0.05) is 8.95 Å². The van der Waals surface area contributed by atoms with Crippen molar-refractivity contribution in [2.45, 2.75) is 6.10 Å². The highest BCUT2D eigenvalue weighted by Crippen LogP contribution is 2.28. The molecule has 0 aliphatic carbocycles. The molecule has 1 unspecified atom stereocenters. The minimum Gasteiger partial charge on any atom is -0.384 e. The molecule has 2 aromatic carbocycles. The van der Waals surface area contributed by atoms with Gasteiger partial charge < -0.3 is 5.11 Å². The van der Waals surface area contributed by atoms with Crippen molar-refractivity contribution < 1.29 is 13.9 Å². The van der Waals surface area contributed by atoms with Gasteiger partial charge in [-0.25, -0.2) is 8.78 Å². The standard InChI is InChI=1S/C13H8Br2F2O/c14-9-3-8(4-10(15)6-9)13(18)7-1-2-11(16)12(17)5-7/h1-6,13,18H. The zero-order chi connectivity index (χ0) is 13.3. The van der Waals surface area contributed by atoms with E-state index in [0.717, 1.165) is 21.1 Å². The molecule has 1 atom stereocenters. The molecule has 1 N–H and O–H groups in total. The van der Waals surface area contributed by atoms with Crippen LogP contribution in [0.15, 0.2) is 45.3 Å². The number of hydrogen-bond donors (Lipinski definition) is 1. The average Bonchev–Trinajstić information content (AvgIpc) is 2.30. The van der Waals surface area contributed by atoms with Crippen LogP contribution in [-0.4, -0.2) is 5.11 Å². The second-order valence-electron chi connectivity index (χ2n) is 3.78. The fraction of sp³-hybridized carbons (Fsp3) is 0.0769. The van der Waals surface area contributed by atoms with Gasteiger partial charge in [0.1, 0.15) is 6.10 Å². The quantitative estimate of drug-likeness (QED) is 0.812. The van der Waals surface area contributed by atoms with Gasteiger partial charge in [-0.3, -0.25) is 0 Å². The summed E-state index contributed by atoms with van der Waals surface area (Å²) in [5.41, 5.74) is 0.890. The predicted molar refractivity (Wildman–Crippen MR) is 72.3 cm³/mol. The SMILES string of the molecule is OC(c1cc(Br)cc(Br)c1)c1ccc(F)c(F)c1. The molecule has 2 rings (SSSR count). The maximum absolute atomic E-state index is 13.1. The Kier molecular flexibility index (Phi) is 4.14. The maximum Gasteiger partial charge on any atom is 0.159 e. The second kappa shape index (κ2) is 5.47. The highest BCUT2D eigenvalue weighted by Gasteiger charge is 2.14. The molecule has 0 aromatic heterocycles. The Morgan fingerprint density at radius 2 is 1.44 bits per heavy atom. The monoisotopic (exact) mass is 376 g/mol. The molecule has 0 bridgehead atoms. The van der Waals surface area contributed by atoms with E-state index >= 15 is 0 Å². The molecule has 1 nitrogen and oxygen atoms in total. The summed E-state index contributed by atoms with van der Waals surface area (Å²) in [5, 5.41) is 10.1. The minimum atomic E-state index is -1.01. The predicted octanol–water partition coefficient (Wildman–Crippen LogP) is 4.57. The molecule has 0 heterocycles. The highest BCUT2D eigenvalue weighted by atomic mass is 79.9. The van der Waals surface area contributed by atoms with Crippen LogP contribution >= 0.6 is 31.9 Å². The van der Waals surface area contributed by atoms with Crippen molar-refractivity contribution in [3.63, 3.8) is 0 Å². The molecule has 0 amide bonds. The lowest BCUT2D eigenvalue weighted by Crippen LogP contribution is -2.01. The van der Waals surface area contributed by atoms with Gasteiger partial charge in [0.05, 0.1) is 0 Å². The van der Waals surface area contributed by atoms with Crippen molar-refractivity contribution in [2.75, 3.05) is 0 Å². The third-order valence-corrected chi connectivity index (χ3v) is 3.38. The van der Waals surface area contributed by atoms with E-state index in [0.29, 0.717) is 11.1 Å². The molecular weight excluding hydrogens is 370 g/mol. The van der Waals surface area contributed by atoms with Crippen LogP contribution in [0.25, 0.3) is 0 Å². The van der Waals surface area contributed by atoms with Crippen LogP contribution in [0.1, 0.15) is 17.2 Å². The summed E-state index contributed by atoms with van der Waals surface area (Å²) >= 11 is 6.61. The van der Waals surface area contributed by atoms with Crippen LogP contribution < -0.4 is 0 Å². The molecule has 0 saturated heterocycles. The van der Waals surface area contributed by atoms with E-state index in [9.17, 15) is 13.9 Å². The lowest BCUT2D eigenvalue weighted by atomic mass is 10.0. The number of benzene rings is 2. The maximum atomic E-state index is 13.1. The fourth-order valence-electron chi connectivity index (χ4n) is 1.61. The molecule has 94 valence electrons. The van der Waals surface area contributed by atoms with Crippen LogP contribution in [0.4, 0.5) is 8.78 Å². The summed E-state index contributed by atoms with van der Waals surface area (Å²) in [5.74, 6) is -1.90. The third-order valence-electron chi connectivity index (χ3n) is 2.46. The molecule has 0 saturated carbocycles. The van der Waals surface area contributed by atoms with Crippen molar-refractivity contribution in [1.82, 2.24) is 0 Å².